The van der Waals surface area contributed by atoms with E-state index in [0.29, 0.717) is 6.54 Å². The molecule has 2 N–H and O–H groups in total. The second kappa shape index (κ2) is 4.13. The molecule has 1 aromatic rings. The topological polar surface area (TPSA) is 45.1 Å². The summed E-state index contributed by atoms with van der Waals surface area (Å²) in [6, 6.07) is 1.47. The van der Waals surface area contributed by atoms with E-state index in [0.717, 1.165) is 6.20 Å². The average Bonchev–Trinajstić information content (AvgIpc) is 2.05. The molecule has 0 aliphatic carbocycles. The van der Waals surface area contributed by atoms with Crippen molar-refractivity contribution in [2.45, 2.75) is 6.10 Å². The van der Waals surface area contributed by atoms with Crippen molar-refractivity contribution in [1.29, 1.82) is 0 Å². The Kier molecular flexibility index (Phi) is 3.13. The predicted octanol–water partition coefficient (Wildman–Crippen LogP) is 0.474. The molecule has 1 rings (SSSR count). The molecular formula is C8H11FN2O. The van der Waals surface area contributed by atoms with Crippen LogP contribution in [0.3, 0.4) is 0 Å². The molecule has 0 amide bonds. The molecule has 4 heteroatoms. The van der Waals surface area contributed by atoms with Crippen LogP contribution in [0.1, 0.15) is 11.7 Å². The van der Waals surface area contributed by atoms with E-state index in [9.17, 15) is 9.50 Å². The van der Waals surface area contributed by atoms with Crippen LogP contribution < -0.4 is 5.32 Å². The SMILES string of the molecule is CNCC(O)c1ccncc1F. The lowest BCUT2D eigenvalue weighted by atomic mass is 10.1. The fourth-order valence-corrected chi connectivity index (χ4v) is 0.959. The highest BCUT2D eigenvalue weighted by Crippen LogP contribution is 2.13. The summed E-state index contributed by atoms with van der Waals surface area (Å²) in [4.78, 5) is 3.58. The number of hydrogen-bond donors (Lipinski definition) is 2. The van der Waals surface area contributed by atoms with Gasteiger partial charge in [0.05, 0.1) is 12.3 Å². The summed E-state index contributed by atoms with van der Waals surface area (Å²) in [5.41, 5.74) is 0.277. The molecule has 3 nitrogen and oxygen atoms in total. The monoisotopic (exact) mass is 170 g/mol. The van der Waals surface area contributed by atoms with Gasteiger partial charge in [-0.25, -0.2) is 4.39 Å². The fraction of sp³-hybridized carbons (Fsp3) is 0.375. The number of nitrogens with zero attached hydrogens (tertiary/aromatic N) is 1. The van der Waals surface area contributed by atoms with E-state index in [4.69, 9.17) is 0 Å². The van der Waals surface area contributed by atoms with E-state index in [1.54, 1.807) is 7.05 Å². The molecular weight excluding hydrogens is 159 g/mol. The lowest BCUT2D eigenvalue weighted by Gasteiger charge is -2.09. The normalized spacial score (nSPS) is 12.9. The Balaban J connectivity index is 2.79. The summed E-state index contributed by atoms with van der Waals surface area (Å²) in [5, 5.41) is 12.1. The van der Waals surface area contributed by atoms with Gasteiger partial charge in [-0.2, -0.15) is 0 Å². The Morgan fingerprint density at radius 3 is 3.08 bits per heavy atom. The Morgan fingerprint density at radius 1 is 1.75 bits per heavy atom. The maximum Gasteiger partial charge on any atom is 0.147 e. The molecule has 1 unspecified atom stereocenters. The van der Waals surface area contributed by atoms with Crippen LogP contribution in [0, 0.1) is 5.82 Å². The molecule has 0 spiro atoms. The number of rotatable bonds is 3. The van der Waals surface area contributed by atoms with Crippen molar-refractivity contribution < 1.29 is 9.50 Å². The van der Waals surface area contributed by atoms with Gasteiger partial charge in [0.2, 0.25) is 0 Å². The first-order valence-corrected chi connectivity index (χ1v) is 3.67. The number of hydrogen-bond acceptors (Lipinski definition) is 3. The van der Waals surface area contributed by atoms with Gasteiger partial charge in [0.1, 0.15) is 5.82 Å². The van der Waals surface area contributed by atoms with Crippen LogP contribution in [0.5, 0.6) is 0 Å². The minimum atomic E-state index is -0.807. The van der Waals surface area contributed by atoms with E-state index in [1.807, 2.05) is 0 Å². The number of halogens is 1. The summed E-state index contributed by atoms with van der Waals surface area (Å²) in [6.45, 7) is 0.334. The highest BCUT2D eigenvalue weighted by molar-refractivity contribution is 5.15. The largest absolute Gasteiger partial charge is 0.387 e. The second-order valence-electron chi connectivity index (χ2n) is 2.47. The second-order valence-corrected chi connectivity index (χ2v) is 2.47. The van der Waals surface area contributed by atoms with Crippen LogP contribution in [-0.4, -0.2) is 23.7 Å². The van der Waals surface area contributed by atoms with Gasteiger partial charge in [-0.1, -0.05) is 0 Å². The fourth-order valence-electron chi connectivity index (χ4n) is 0.959. The number of nitrogens with one attached hydrogen (secondary N) is 1. The summed E-state index contributed by atoms with van der Waals surface area (Å²) in [5.74, 6) is -0.472. The standard InChI is InChI=1S/C8H11FN2O/c1-10-5-8(12)6-2-3-11-4-7(6)9/h2-4,8,10,12H,5H2,1H3. The molecule has 1 heterocycles. The van der Waals surface area contributed by atoms with Crippen molar-refractivity contribution >= 4 is 0 Å². The van der Waals surface area contributed by atoms with E-state index in [2.05, 4.69) is 10.3 Å². The third-order valence-electron chi connectivity index (χ3n) is 1.56. The molecule has 12 heavy (non-hydrogen) atoms. The van der Waals surface area contributed by atoms with E-state index >= 15 is 0 Å². The number of likely N-dealkylation sites (N-methyl/N-ethyl adjacent to an activating group) is 1. The molecule has 0 saturated carbocycles. The van der Waals surface area contributed by atoms with Crippen molar-refractivity contribution in [2.24, 2.45) is 0 Å². The maximum atomic E-state index is 12.9. The van der Waals surface area contributed by atoms with Crippen LogP contribution in [0.4, 0.5) is 4.39 Å². The van der Waals surface area contributed by atoms with E-state index < -0.39 is 11.9 Å². The summed E-state index contributed by atoms with van der Waals surface area (Å²) >= 11 is 0. The van der Waals surface area contributed by atoms with E-state index in [-0.39, 0.29) is 5.56 Å². The molecule has 0 bridgehead atoms. The Morgan fingerprint density at radius 2 is 2.50 bits per heavy atom. The maximum absolute atomic E-state index is 12.9. The van der Waals surface area contributed by atoms with Gasteiger partial charge < -0.3 is 10.4 Å². The zero-order valence-corrected chi connectivity index (χ0v) is 6.79. The van der Waals surface area contributed by atoms with Crippen LogP contribution in [-0.2, 0) is 0 Å². The smallest absolute Gasteiger partial charge is 0.147 e. The minimum Gasteiger partial charge on any atom is -0.387 e. The lowest BCUT2D eigenvalue weighted by molar-refractivity contribution is 0.173. The molecule has 0 aliphatic heterocycles. The first-order chi connectivity index (χ1) is 5.75. The number of aliphatic hydroxyl groups is 1. The van der Waals surface area contributed by atoms with Crippen molar-refractivity contribution in [3.8, 4) is 0 Å². The highest BCUT2D eigenvalue weighted by atomic mass is 19.1. The van der Waals surface area contributed by atoms with Crippen molar-refractivity contribution in [3.05, 3.63) is 29.8 Å². The minimum absolute atomic E-state index is 0.277. The first-order valence-electron chi connectivity index (χ1n) is 3.67. The molecule has 1 atom stereocenters. The Labute approximate surface area is 70.3 Å². The van der Waals surface area contributed by atoms with Crippen molar-refractivity contribution in [1.82, 2.24) is 10.3 Å². The molecule has 0 saturated heterocycles. The molecule has 0 radical (unpaired) electrons. The Hall–Kier alpha value is -1.00. The average molecular weight is 170 g/mol. The number of aromatic nitrogens is 1. The quantitative estimate of drug-likeness (QED) is 0.693. The number of aliphatic hydroxyl groups excluding tert-OH is 1. The third-order valence-corrected chi connectivity index (χ3v) is 1.56. The van der Waals surface area contributed by atoms with Gasteiger partial charge in [-0.3, -0.25) is 4.98 Å². The van der Waals surface area contributed by atoms with Gasteiger partial charge in [0.15, 0.2) is 0 Å². The zero-order chi connectivity index (χ0) is 8.97. The lowest BCUT2D eigenvalue weighted by Crippen LogP contribution is -2.17. The zero-order valence-electron chi connectivity index (χ0n) is 6.79. The van der Waals surface area contributed by atoms with Crippen LogP contribution in [0.25, 0.3) is 0 Å². The summed E-state index contributed by atoms with van der Waals surface area (Å²) in [7, 11) is 1.70. The Bertz CT molecular complexity index is 255. The number of pyridine rings is 1. The van der Waals surface area contributed by atoms with Crippen molar-refractivity contribution in [2.75, 3.05) is 13.6 Å². The molecule has 1 aromatic heterocycles. The molecule has 0 aromatic carbocycles. The van der Waals surface area contributed by atoms with Gasteiger partial charge in [0, 0.05) is 18.3 Å². The first kappa shape index (κ1) is 9.09. The van der Waals surface area contributed by atoms with Gasteiger partial charge >= 0.3 is 0 Å². The van der Waals surface area contributed by atoms with Crippen molar-refractivity contribution in [3.63, 3.8) is 0 Å². The van der Waals surface area contributed by atoms with Gasteiger partial charge in [-0.15, -0.1) is 0 Å². The van der Waals surface area contributed by atoms with E-state index in [1.165, 1.54) is 12.3 Å². The van der Waals surface area contributed by atoms with Gasteiger partial charge in [-0.05, 0) is 13.1 Å². The summed E-state index contributed by atoms with van der Waals surface area (Å²) < 4.78 is 12.9. The van der Waals surface area contributed by atoms with Crippen LogP contribution in [0.2, 0.25) is 0 Å². The predicted molar refractivity (Wildman–Crippen MR) is 43.1 cm³/mol. The molecule has 66 valence electrons. The molecule has 0 fully saturated rings. The summed E-state index contributed by atoms with van der Waals surface area (Å²) in [6.07, 6.45) is 1.74. The van der Waals surface area contributed by atoms with Crippen LogP contribution in [0.15, 0.2) is 18.5 Å². The van der Waals surface area contributed by atoms with Crippen LogP contribution >= 0.6 is 0 Å². The molecule has 0 aliphatic rings. The third kappa shape index (κ3) is 1.99. The van der Waals surface area contributed by atoms with Gasteiger partial charge in [0.25, 0.3) is 0 Å². The highest BCUT2D eigenvalue weighted by Gasteiger charge is 2.10.